The number of nitrogens with two attached hydrogens (primary N) is 1. The highest BCUT2D eigenvalue weighted by atomic mass is 32.2. The molecule has 1 atom stereocenters. The minimum Gasteiger partial charge on any atom is -0.384 e. The van der Waals surface area contributed by atoms with E-state index in [9.17, 15) is 9.00 Å². The van der Waals surface area contributed by atoms with E-state index in [0.717, 1.165) is 55.1 Å². The Morgan fingerprint density at radius 3 is 2.73 bits per heavy atom. The van der Waals surface area contributed by atoms with Crippen LogP contribution in [0, 0.1) is 5.92 Å². The van der Waals surface area contributed by atoms with Gasteiger partial charge in [0.1, 0.15) is 11.7 Å². The van der Waals surface area contributed by atoms with E-state index in [-0.39, 0.29) is 11.3 Å². The van der Waals surface area contributed by atoms with E-state index < -0.39 is 17.1 Å². The van der Waals surface area contributed by atoms with Gasteiger partial charge in [0, 0.05) is 45.3 Å². The summed E-state index contributed by atoms with van der Waals surface area (Å²) in [6, 6.07) is 5.96. The molecule has 0 aliphatic carbocycles. The topological polar surface area (TPSA) is 115 Å². The lowest BCUT2D eigenvalue weighted by Gasteiger charge is -2.26. The van der Waals surface area contributed by atoms with Crippen molar-refractivity contribution in [3.8, 4) is 0 Å². The number of benzene rings is 1. The lowest BCUT2D eigenvalue weighted by molar-refractivity contribution is -0.115. The molecule has 0 spiro atoms. The molecule has 1 unspecified atom stereocenters. The van der Waals surface area contributed by atoms with Crippen LogP contribution < -0.4 is 14.8 Å². The minimum absolute atomic E-state index is 0.0425. The van der Waals surface area contributed by atoms with Crippen LogP contribution in [0.2, 0.25) is 0 Å². The van der Waals surface area contributed by atoms with E-state index in [2.05, 4.69) is 35.1 Å². The van der Waals surface area contributed by atoms with Gasteiger partial charge in [-0.3, -0.25) is 13.8 Å². The van der Waals surface area contributed by atoms with Crippen molar-refractivity contribution in [2.24, 2.45) is 16.6 Å². The van der Waals surface area contributed by atoms with Gasteiger partial charge in [-0.2, -0.15) is 4.99 Å². The molecule has 1 saturated heterocycles. The second-order valence-electron chi connectivity index (χ2n) is 9.28. The van der Waals surface area contributed by atoms with Crippen LogP contribution in [0.3, 0.4) is 0 Å². The first-order valence-corrected chi connectivity index (χ1v) is 12.2. The maximum Gasteiger partial charge on any atom is 0.244 e. The van der Waals surface area contributed by atoms with Crippen LogP contribution >= 0.6 is 0 Å². The Morgan fingerprint density at radius 2 is 2.09 bits per heavy atom. The number of amidine groups is 1. The van der Waals surface area contributed by atoms with E-state index in [1.54, 1.807) is 11.4 Å². The van der Waals surface area contributed by atoms with E-state index in [4.69, 9.17) is 15.5 Å². The summed E-state index contributed by atoms with van der Waals surface area (Å²) in [5, 5.41) is 0. The number of carbonyl (C=O) groups is 1. The average Bonchev–Trinajstić information content (AvgIpc) is 3.11. The second kappa shape index (κ2) is 10.5. The maximum absolute atomic E-state index is 12.7. The molecule has 9 nitrogen and oxygen atoms in total. The van der Waals surface area contributed by atoms with Gasteiger partial charge >= 0.3 is 0 Å². The number of aliphatic imine (C=N–C) groups is 1. The molecule has 0 radical (unpaired) electrons. The van der Waals surface area contributed by atoms with Crippen LogP contribution in [0.5, 0.6) is 0 Å². The molecule has 180 valence electrons. The Hall–Kier alpha value is -2.72. The first-order valence-electron chi connectivity index (χ1n) is 11.1. The van der Waals surface area contributed by atoms with Crippen LogP contribution in [0.25, 0.3) is 11.0 Å². The largest absolute Gasteiger partial charge is 0.384 e. The fourth-order valence-corrected chi connectivity index (χ4v) is 4.48. The quantitative estimate of drug-likeness (QED) is 0.473. The number of carbonyl (C=O) groups excluding carboxylic acids is 1. The predicted molar refractivity (Wildman–Crippen MR) is 133 cm³/mol. The summed E-state index contributed by atoms with van der Waals surface area (Å²) in [6.45, 7) is 10.4. The van der Waals surface area contributed by atoms with Crippen LogP contribution in [0.15, 0.2) is 35.5 Å². The molecule has 1 amide bonds. The third-order valence-corrected chi connectivity index (χ3v) is 6.55. The van der Waals surface area contributed by atoms with Crippen LogP contribution in [-0.2, 0) is 32.7 Å². The summed E-state index contributed by atoms with van der Waals surface area (Å²) >= 11 is -1.56. The number of rotatable bonds is 7. The summed E-state index contributed by atoms with van der Waals surface area (Å²) in [5.74, 6) is 1.27. The number of hydrogen-bond acceptors (Lipinski definition) is 4. The number of ether oxygens (including phenoxy) is 1. The van der Waals surface area contributed by atoms with Crippen molar-refractivity contribution in [3.63, 3.8) is 0 Å². The highest BCUT2D eigenvalue weighted by Gasteiger charge is 2.25. The summed E-state index contributed by atoms with van der Waals surface area (Å²) in [5.41, 5.74) is 8.22. The van der Waals surface area contributed by atoms with Crippen LogP contribution in [0.4, 0.5) is 5.69 Å². The highest BCUT2D eigenvalue weighted by Crippen LogP contribution is 2.31. The number of anilines is 1. The number of hydrogen-bond donors (Lipinski definition) is 2. The number of imidazole rings is 1. The molecule has 3 N–H and O–H groups in total. The zero-order valence-corrected chi connectivity index (χ0v) is 20.8. The van der Waals surface area contributed by atoms with Gasteiger partial charge in [0.05, 0.1) is 16.7 Å². The van der Waals surface area contributed by atoms with Crippen molar-refractivity contribution in [3.05, 3.63) is 36.3 Å². The summed E-state index contributed by atoms with van der Waals surface area (Å²) in [7, 11) is 1.73. The maximum atomic E-state index is 12.7. The Bertz CT molecular complexity index is 1080. The predicted octanol–water partition coefficient (Wildman–Crippen LogP) is 2.78. The molecule has 1 aliphatic rings. The van der Waals surface area contributed by atoms with Crippen LogP contribution in [0.1, 0.15) is 46.4 Å². The van der Waals surface area contributed by atoms with Gasteiger partial charge in [-0.25, -0.2) is 9.19 Å². The van der Waals surface area contributed by atoms with Crippen molar-refractivity contribution in [2.75, 3.05) is 24.6 Å². The standard InChI is InChI=1S/C23H34N6O3S/c1-16(30)26-21(24)8-11-25-33(31)28(5)18-6-7-20-19(14-18)27-22(23(2,3)4)29(20)15-17-9-12-32-13-10-17/h6-8,11,14,17,25H,9-10,12-13,15H2,1-5H3,(H2,24,26,30)/b11-8-. The van der Waals surface area contributed by atoms with Crippen molar-refractivity contribution in [2.45, 2.75) is 52.5 Å². The number of nitrogens with zero attached hydrogens (tertiary/aromatic N) is 4. The Morgan fingerprint density at radius 1 is 1.39 bits per heavy atom. The molecule has 10 heteroatoms. The number of nitrogens with one attached hydrogen (secondary N) is 1. The molecular formula is C23H34N6O3S. The highest BCUT2D eigenvalue weighted by molar-refractivity contribution is 7.84. The Balaban J connectivity index is 1.83. The van der Waals surface area contributed by atoms with E-state index in [1.807, 2.05) is 18.2 Å². The molecule has 0 saturated carbocycles. The molecule has 3 rings (SSSR count). The molecule has 2 heterocycles. The zero-order valence-electron chi connectivity index (χ0n) is 20.0. The number of fused-ring (bicyclic) bond motifs is 1. The fraction of sp³-hybridized carbons (Fsp3) is 0.522. The van der Waals surface area contributed by atoms with E-state index >= 15 is 0 Å². The monoisotopic (exact) mass is 474 g/mol. The summed E-state index contributed by atoms with van der Waals surface area (Å²) in [4.78, 5) is 19.5. The number of aromatic nitrogens is 2. The van der Waals surface area contributed by atoms with E-state index in [1.165, 1.54) is 19.2 Å². The second-order valence-corrected chi connectivity index (χ2v) is 10.6. The molecule has 2 aromatic rings. The molecule has 1 aliphatic heterocycles. The van der Waals surface area contributed by atoms with Gasteiger partial charge in [0.15, 0.2) is 0 Å². The minimum atomic E-state index is -1.56. The molecule has 33 heavy (non-hydrogen) atoms. The Labute approximate surface area is 197 Å². The zero-order chi connectivity index (χ0) is 24.2. The van der Waals surface area contributed by atoms with Gasteiger partial charge in [-0.05, 0) is 43.0 Å². The average molecular weight is 475 g/mol. The summed E-state index contributed by atoms with van der Waals surface area (Å²) in [6.07, 6.45) is 4.92. The first kappa shape index (κ1) is 24.9. The number of amides is 1. The van der Waals surface area contributed by atoms with Gasteiger partial charge in [0.25, 0.3) is 0 Å². The van der Waals surface area contributed by atoms with Gasteiger partial charge in [-0.1, -0.05) is 20.8 Å². The first-order chi connectivity index (χ1) is 15.6. The molecule has 1 fully saturated rings. The third-order valence-electron chi connectivity index (χ3n) is 5.51. The van der Waals surface area contributed by atoms with Crippen LogP contribution in [-0.4, -0.2) is 45.8 Å². The van der Waals surface area contributed by atoms with Gasteiger partial charge in [0.2, 0.25) is 17.1 Å². The SMILES string of the molecule is CC(=O)N=C(N)/C=C\NS(=O)N(C)c1ccc2c(c1)nc(C(C)(C)C)n2CC1CCOCC1. The van der Waals surface area contributed by atoms with Crippen molar-refractivity contribution in [1.29, 1.82) is 0 Å². The van der Waals surface area contributed by atoms with Gasteiger partial charge < -0.3 is 15.0 Å². The third kappa shape index (κ3) is 6.42. The molecule has 1 aromatic carbocycles. The molecule has 1 aromatic heterocycles. The van der Waals surface area contributed by atoms with Gasteiger partial charge in [-0.15, -0.1) is 0 Å². The van der Waals surface area contributed by atoms with Crippen molar-refractivity contribution in [1.82, 2.24) is 14.3 Å². The van der Waals surface area contributed by atoms with E-state index in [0.29, 0.717) is 5.92 Å². The smallest absolute Gasteiger partial charge is 0.244 e. The lowest BCUT2D eigenvalue weighted by atomic mass is 9.94. The fourth-order valence-electron chi connectivity index (χ4n) is 3.83. The van der Waals surface area contributed by atoms with Crippen molar-refractivity contribution >= 4 is 39.6 Å². The summed E-state index contributed by atoms with van der Waals surface area (Å²) < 4.78 is 24.9. The molecular weight excluding hydrogens is 440 g/mol. The Kier molecular flexibility index (Phi) is 7.91. The lowest BCUT2D eigenvalue weighted by Crippen LogP contribution is -2.29. The normalized spacial score (nSPS) is 16.9. The van der Waals surface area contributed by atoms with Crippen molar-refractivity contribution < 1.29 is 13.7 Å². The molecule has 0 bridgehead atoms.